The van der Waals surface area contributed by atoms with E-state index >= 15 is 0 Å². The van der Waals surface area contributed by atoms with E-state index in [1.165, 1.54) is 0 Å². The van der Waals surface area contributed by atoms with E-state index in [2.05, 4.69) is 8.83 Å². The predicted octanol–water partition coefficient (Wildman–Crippen LogP) is -3.65. The highest BCUT2D eigenvalue weighted by Gasteiger charge is 2.47. The third kappa shape index (κ3) is 6.29. The van der Waals surface area contributed by atoms with Gasteiger partial charge >= 0.3 is 21.5 Å². The van der Waals surface area contributed by atoms with E-state index < -0.39 is 95.0 Å². The van der Waals surface area contributed by atoms with Crippen LogP contribution in [0.5, 0.6) is 0 Å². The lowest BCUT2D eigenvalue weighted by Gasteiger charge is -2.35. The Morgan fingerprint density at radius 3 is 2.40 bits per heavy atom. The van der Waals surface area contributed by atoms with Gasteiger partial charge in [0.1, 0.15) is 42.7 Å². The van der Waals surface area contributed by atoms with Gasteiger partial charge < -0.3 is 45.0 Å². The van der Waals surface area contributed by atoms with Crippen LogP contribution in [0.25, 0.3) is 0 Å². The molecule has 35 heavy (non-hydrogen) atoms. The fraction of sp³-hybridized carbons (Fsp3) is 0.625. The molecule has 10 atom stereocenters. The van der Waals surface area contributed by atoms with Crippen LogP contribution in [0.1, 0.15) is 6.23 Å². The first-order chi connectivity index (χ1) is 16.3. The van der Waals surface area contributed by atoms with Gasteiger partial charge in [0.05, 0.1) is 13.2 Å². The Morgan fingerprint density at radius 1 is 1.11 bits per heavy atom. The lowest BCUT2D eigenvalue weighted by molar-refractivity contribution is -0.164. The minimum absolute atomic E-state index is 0.535. The molecule has 17 nitrogen and oxygen atoms in total. The largest absolute Gasteiger partial charge is 0.555 e. The van der Waals surface area contributed by atoms with Crippen LogP contribution < -0.4 is 11.2 Å². The molecule has 2 fully saturated rings. The topological polar surface area (TPSA) is 268 Å². The SMILES string of the molecule is O=c1ccn([C@@H]2O[C@H](COP(=O)(O)O[P+](=O)/C=C3\O[C@H](CO)[C@H](O)[C@H](O)[C@H]3O)[C@@H](O)[C@H]2O)c(=O)[nH]1. The van der Waals surface area contributed by atoms with Gasteiger partial charge in [-0.25, -0.2) is 9.36 Å². The Labute approximate surface area is 195 Å². The van der Waals surface area contributed by atoms with Gasteiger partial charge in [-0.05, 0) is 8.88 Å². The number of aliphatic hydroxyl groups excluding tert-OH is 6. The third-order valence-electron chi connectivity index (χ3n) is 5.09. The van der Waals surface area contributed by atoms with Crippen molar-refractivity contribution in [1.29, 1.82) is 0 Å². The van der Waals surface area contributed by atoms with Crippen molar-refractivity contribution in [1.82, 2.24) is 9.55 Å². The minimum Gasteiger partial charge on any atom is -0.482 e. The number of hydrogen-bond acceptors (Lipinski definition) is 14. The number of ether oxygens (including phenoxy) is 2. The highest BCUT2D eigenvalue weighted by atomic mass is 31.2. The second-order valence-corrected chi connectivity index (χ2v) is 10.2. The maximum Gasteiger partial charge on any atom is 0.555 e. The first-order valence-electron chi connectivity index (χ1n) is 9.84. The summed E-state index contributed by atoms with van der Waals surface area (Å²) in [6.07, 6.45) is -12.1. The van der Waals surface area contributed by atoms with Crippen molar-refractivity contribution in [2.45, 2.75) is 49.0 Å². The van der Waals surface area contributed by atoms with Crippen LogP contribution in [0.3, 0.4) is 0 Å². The molecular weight excluding hydrogens is 522 g/mol. The Hall–Kier alpha value is -1.85. The van der Waals surface area contributed by atoms with Crippen molar-refractivity contribution in [2.75, 3.05) is 13.2 Å². The van der Waals surface area contributed by atoms with Gasteiger partial charge in [0.25, 0.3) is 5.56 Å². The highest BCUT2D eigenvalue weighted by Crippen LogP contribution is 2.53. The van der Waals surface area contributed by atoms with Gasteiger partial charge in [0.15, 0.2) is 12.0 Å². The van der Waals surface area contributed by atoms with Crippen molar-refractivity contribution in [3.8, 4) is 0 Å². The summed E-state index contributed by atoms with van der Waals surface area (Å²) in [7, 11) is -8.32. The van der Waals surface area contributed by atoms with E-state index in [4.69, 9.17) is 14.6 Å². The summed E-state index contributed by atoms with van der Waals surface area (Å²) in [4.78, 5) is 34.8. The summed E-state index contributed by atoms with van der Waals surface area (Å²) < 4.78 is 44.4. The van der Waals surface area contributed by atoms with E-state index in [0.717, 1.165) is 16.8 Å². The van der Waals surface area contributed by atoms with Crippen LogP contribution >= 0.6 is 15.9 Å². The number of aromatic nitrogens is 2. The highest BCUT2D eigenvalue weighted by molar-refractivity contribution is 7.59. The first-order valence-corrected chi connectivity index (χ1v) is 12.6. The molecule has 0 amide bonds. The smallest absolute Gasteiger partial charge is 0.482 e. The maximum absolute atomic E-state index is 12.1. The van der Waals surface area contributed by atoms with Crippen LogP contribution in [-0.2, 0) is 27.4 Å². The van der Waals surface area contributed by atoms with Gasteiger partial charge in [-0.1, -0.05) is 0 Å². The van der Waals surface area contributed by atoms with Gasteiger partial charge in [-0.15, -0.1) is 0 Å². The molecule has 0 spiro atoms. The van der Waals surface area contributed by atoms with Gasteiger partial charge in [0, 0.05) is 12.3 Å². The van der Waals surface area contributed by atoms with Crippen molar-refractivity contribution >= 4 is 15.9 Å². The van der Waals surface area contributed by atoms with E-state index in [1.807, 2.05) is 4.98 Å². The number of nitrogens with one attached hydrogen (secondary N) is 1. The number of rotatable bonds is 8. The second-order valence-electron chi connectivity index (χ2n) is 7.49. The summed E-state index contributed by atoms with van der Waals surface area (Å²) in [5, 5.41) is 58.7. The standard InChI is InChI=1S/C16H22N2O15P2/c19-3-6-10(21)13(24)12(23)8(31-6)5-34(27)33-35(28,29)30-4-7-11(22)14(25)15(32-7)18-2-1-9(20)17-16(18)26/h1-2,5-7,10-15,19,21-25H,3-4H2,(H-,17,20,26,28,29)/p+1/b8-5-/t6-,7-,10+,11-,12+,13+,14-,15-/m1/s1. The molecule has 0 radical (unpaired) electrons. The van der Waals surface area contributed by atoms with Gasteiger partial charge in [0.2, 0.25) is 5.82 Å². The fourth-order valence-electron chi connectivity index (χ4n) is 3.29. The molecule has 0 bridgehead atoms. The van der Waals surface area contributed by atoms with Crippen molar-refractivity contribution in [2.24, 2.45) is 0 Å². The number of phosphoric acid groups is 1. The second kappa shape index (κ2) is 11.0. The number of hydrogen-bond donors (Lipinski definition) is 8. The summed E-state index contributed by atoms with van der Waals surface area (Å²) in [6.45, 7) is -1.65. The lowest BCUT2D eigenvalue weighted by Crippen LogP contribution is -2.52. The summed E-state index contributed by atoms with van der Waals surface area (Å²) >= 11 is 0. The zero-order chi connectivity index (χ0) is 26.1. The van der Waals surface area contributed by atoms with E-state index in [9.17, 15) is 49.1 Å². The number of aliphatic hydroxyl groups is 6. The monoisotopic (exact) mass is 545 g/mol. The molecule has 1 aromatic rings. The first kappa shape index (κ1) is 27.7. The van der Waals surface area contributed by atoms with Crippen molar-refractivity contribution < 1.29 is 63.0 Å². The zero-order valence-electron chi connectivity index (χ0n) is 17.5. The van der Waals surface area contributed by atoms with E-state index in [0.29, 0.717) is 5.82 Å². The van der Waals surface area contributed by atoms with Crippen LogP contribution in [0, 0.1) is 0 Å². The molecule has 0 aliphatic carbocycles. The molecule has 1 aromatic heterocycles. The molecule has 0 aromatic carbocycles. The molecule has 3 rings (SSSR count). The molecule has 19 heteroatoms. The minimum atomic E-state index is -5.11. The lowest BCUT2D eigenvalue weighted by atomic mass is 9.99. The maximum atomic E-state index is 12.1. The average Bonchev–Trinajstić information content (AvgIpc) is 3.06. The van der Waals surface area contributed by atoms with Crippen LogP contribution in [0.2, 0.25) is 0 Å². The summed E-state index contributed by atoms with van der Waals surface area (Å²) in [5.74, 6) is -0.0670. The van der Waals surface area contributed by atoms with Crippen LogP contribution in [0.4, 0.5) is 0 Å². The molecule has 8 N–H and O–H groups in total. The Bertz CT molecular complexity index is 1120. The molecule has 0 saturated carbocycles. The van der Waals surface area contributed by atoms with Crippen LogP contribution in [0.15, 0.2) is 33.4 Å². The number of nitrogens with zero attached hydrogens (tertiary/aromatic N) is 1. The zero-order valence-corrected chi connectivity index (χ0v) is 19.3. The molecule has 3 heterocycles. The molecule has 2 aliphatic heterocycles. The predicted molar refractivity (Wildman–Crippen MR) is 110 cm³/mol. The third-order valence-corrected chi connectivity index (χ3v) is 7.50. The summed E-state index contributed by atoms with van der Waals surface area (Å²) in [5.41, 5.74) is -1.67. The fourth-order valence-corrected chi connectivity index (χ4v) is 5.23. The Balaban J connectivity index is 1.62. The normalized spacial score (nSPS) is 36.5. The van der Waals surface area contributed by atoms with Crippen LogP contribution in [-0.4, -0.2) is 101 Å². The van der Waals surface area contributed by atoms with Gasteiger partial charge in [-0.2, -0.15) is 0 Å². The van der Waals surface area contributed by atoms with Crippen molar-refractivity contribution in [3.63, 3.8) is 0 Å². The molecule has 2 unspecified atom stereocenters. The molecule has 2 saturated heterocycles. The average molecular weight is 545 g/mol. The number of aromatic amines is 1. The van der Waals surface area contributed by atoms with Gasteiger partial charge in [-0.3, -0.25) is 18.9 Å². The Kier molecular flexibility index (Phi) is 8.75. The van der Waals surface area contributed by atoms with Crippen molar-refractivity contribution in [3.05, 3.63) is 44.7 Å². The Morgan fingerprint density at radius 2 is 1.77 bits per heavy atom. The summed E-state index contributed by atoms with van der Waals surface area (Å²) in [6, 6.07) is 0.962. The molecule has 2 aliphatic rings. The molecule has 196 valence electrons. The van der Waals surface area contributed by atoms with E-state index in [-0.39, 0.29) is 0 Å². The number of H-pyrrole nitrogens is 1. The van der Waals surface area contributed by atoms with E-state index in [1.54, 1.807) is 0 Å². The molecular formula is C16H23N2O15P2+. The number of phosphoric ester groups is 1. The quantitative estimate of drug-likeness (QED) is 0.146.